The molecule has 1 heteroatoms. The van der Waals surface area contributed by atoms with Gasteiger partial charge in [-0.15, -0.1) is 0 Å². The summed E-state index contributed by atoms with van der Waals surface area (Å²) >= 11 is 0. The summed E-state index contributed by atoms with van der Waals surface area (Å²) in [6.45, 7) is 6.00. The highest BCUT2D eigenvalue weighted by Crippen LogP contribution is 2.32. The van der Waals surface area contributed by atoms with Crippen molar-refractivity contribution in [2.45, 2.75) is 6.92 Å². The molecule has 0 aliphatic heterocycles. The van der Waals surface area contributed by atoms with Crippen LogP contribution in [0.2, 0.25) is 0 Å². The van der Waals surface area contributed by atoms with Gasteiger partial charge >= 0.3 is 0 Å². The van der Waals surface area contributed by atoms with E-state index in [9.17, 15) is 0 Å². The molecule has 4 aromatic rings. The number of nitrogens with zero attached hydrogens (tertiary/aromatic N) is 1. The summed E-state index contributed by atoms with van der Waals surface area (Å²) < 4.78 is 2.33. The molecule has 0 atom stereocenters. The van der Waals surface area contributed by atoms with Gasteiger partial charge in [0.1, 0.15) is 0 Å². The van der Waals surface area contributed by atoms with E-state index in [1.165, 1.54) is 33.1 Å². The van der Waals surface area contributed by atoms with Gasteiger partial charge in [-0.25, -0.2) is 0 Å². The molecule has 0 unspecified atom stereocenters. The molecule has 1 aromatic heterocycles. The molecule has 0 spiro atoms. The van der Waals surface area contributed by atoms with Gasteiger partial charge < -0.3 is 4.57 Å². The molecule has 0 fully saturated rings. The Morgan fingerprint density at radius 3 is 2.32 bits per heavy atom. The van der Waals surface area contributed by atoms with Gasteiger partial charge in [0.05, 0.1) is 11.0 Å². The Balaban J connectivity index is 2.15. The standard InChI is InChI=1S/C21H17N/c1-3-16-10-13-21-19(14-16)18-6-4-5-7-20(18)22(21)17-11-8-15(2)9-12-17/h3-14H,1H2,2H3. The van der Waals surface area contributed by atoms with Crippen LogP contribution in [0.5, 0.6) is 0 Å². The van der Waals surface area contributed by atoms with Crippen LogP contribution in [0.25, 0.3) is 33.6 Å². The monoisotopic (exact) mass is 283 g/mol. The van der Waals surface area contributed by atoms with Gasteiger partial charge in [-0.3, -0.25) is 0 Å². The Morgan fingerprint density at radius 2 is 1.55 bits per heavy atom. The number of aromatic nitrogens is 1. The number of hydrogen-bond donors (Lipinski definition) is 0. The molecule has 106 valence electrons. The maximum atomic E-state index is 3.89. The Hall–Kier alpha value is -2.80. The van der Waals surface area contributed by atoms with Crippen molar-refractivity contribution < 1.29 is 0 Å². The molecule has 0 N–H and O–H groups in total. The molecular formula is C21H17N. The molecule has 0 saturated heterocycles. The first-order chi connectivity index (χ1) is 10.8. The molecule has 22 heavy (non-hydrogen) atoms. The first kappa shape index (κ1) is 12.9. The van der Waals surface area contributed by atoms with Crippen LogP contribution in [0.4, 0.5) is 0 Å². The molecule has 3 aromatic carbocycles. The van der Waals surface area contributed by atoms with Crippen LogP contribution in [-0.2, 0) is 0 Å². The van der Waals surface area contributed by atoms with Crippen molar-refractivity contribution in [1.29, 1.82) is 0 Å². The van der Waals surface area contributed by atoms with E-state index >= 15 is 0 Å². The lowest BCUT2D eigenvalue weighted by Crippen LogP contribution is -1.93. The second kappa shape index (κ2) is 4.88. The Morgan fingerprint density at radius 1 is 0.818 bits per heavy atom. The largest absolute Gasteiger partial charge is 0.309 e. The normalized spacial score (nSPS) is 11.1. The third-order valence-electron chi connectivity index (χ3n) is 4.22. The average molecular weight is 283 g/mol. The summed E-state index contributed by atoms with van der Waals surface area (Å²) in [5.41, 5.74) is 6.10. The minimum Gasteiger partial charge on any atom is -0.309 e. The van der Waals surface area contributed by atoms with Gasteiger partial charge in [0.2, 0.25) is 0 Å². The number of hydrogen-bond acceptors (Lipinski definition) is 0. The molecule has 4 rings (SSSR count). The van der Waals surface area contributed by atoms with Gasteiger partial charge in [-0.05, 0) is 42.8 Å². The molecule has 1 nitrogen and oxygen atoms in total. The molecule has 0 aliphatic rings. The third kappa shape index (κ3) is 1.86. The quantitative estimate of drug-likeness (QED) is 0.442. The zero-order valence-electron chi connectivity index (χ0n) is 12.6. The van der Waals surface area contributed by atoms with E-state index in [4.69, 9.17) is 0 Å². The highest BCUT2D eigenvalue weighted by molar-refractivity contribution is 6.09. The zero-order chi connectivity index (χ0) is 15.1. The van der Waals surface area contributed by atoms with Crippen LogP contribution in [0.3, 0.4) is 0 Å². The topological polar surface area (TPSA) is 4.93 Å². The van der Waals surface area contributed by atoms with Crippen LogP contribution < -0.4 is 0 Å². The second-order valence-electron chi connectivity index (χ2n) is 5.67. The zero-order valence-corrected chi connectivity index (χ0v) is 12.6. The fourth-order valence-corrected chi connectivity index (χ4v) is 3.09. The van der Waals surface area contributed by atoms with E-state index < -0.39 is 0 Å². The first-order valence-electron chi connectivity index (χ1n) is 7.50. The lowest BCUT2D eigenvalue weighted by atomic mass is 10.1. The lowest BCUT2D eigenvalue weighted by molar-refractivity contribution is 1.17. The van der Waals surface area contributed by atoms with Crippen molar-refractivity contribution >= 4 is 27.9 Å². The molecule has 0 bridgehead atoms. The van der Waals surface area contributed by atoms with Crippen molar-refractivity contribution in [1.82, 2.24) is 4.57 Å². The summed E-state index contributed by atoms with van der Waals surface area (Å²) in [6, 6.07) is 23.8. The van der Waals surface area contributed by atoms with Gasteiger partial charge in [0, 0.05) is 16.5 Å². The van der Waals surface area contributed by atoms with Crippen LogP contribution in [0, 0.1) is 6.92 Å². The molecule has 0 saturated carbocycles. The highest BCUT2D eigenvalue weighted by atomic mass is 15.0. The van der Waals surface area contributed by atoms with E-state index in [2.05, 4.69) is 84.8 Å². The molecule has 0 amide bonds. The fourth-order valence-electron chi connectivity index (χ4n) is 3.09. The summed E-state index contributed by atoms with van der Waals surface area (Å²) in [4.78, 5) is 0. The van der Waals surface area contributed by atoms with Crippen LogP contribution in [0.15, 0.2) is 73.3 Å². The van der Waals surface area contributed by atoms with Gasteiger partial charge in [-0.2, -0.15) is 0 Å². The minimum absolute atomic E-state index is 1.15. The number of aryl methyl sites for hydroxylation is 1. The van der Waals surface area contributed by atoms with Crippen molar-refractivity contribution in [3.8, 4) is 5.69 Å². The summed E-state index contributed by atoms with van der Waals surface area (Å²) in [5, 5.41) is 2.55. The predicted molar refractivity (Wildman–Crippen MR) is 95.6 cm³/mol. The predicted octanol–water partition coefficient (Wildman–Crippen LogP) is 5.74. The van der Waals surface area contributed by atoms with Crippen LogP contribution in [0.1, 0.15) is 11.1 Å². The highest BCUT2D eigenvalue weighted by Gasteiger charge is 2.11. The SMILES string of the molecule is C=Cc1ccc2c(c1)c1ccccc1n2-c1ccc(C)cc1. The average Bonchev–Trinajstić information content (AvgIpc) is 2.89. The van der Waals surface area contributed by atoms with Crippen LogP contribution in [-0.4, -0.2) is 4.57 Å². The van der Waals surface area contributed by atoms with E-state index in [-0.39, 0.29) is 0 Å². The van der Waals surface area contributed by atoms with E-state index in [0.717, 1.165) is 5.56 Å². The lowest BCUT2D eigenvalue weighted by Gasteiger charge is -2.08. The van der Waals surface area contributed by atoms with Crippen molar-refractivity contribution in [3.05, 3.63) is 84.4 Å². The molecule has 1 heterocycles. The van der Waals surface area contributed by atoms with Gasteiger partial charge in [0.25, 0.3) is 0 Å². The van der Waals surface area contributed by atoms with Crippen LogP contribution >= 0.6 is 0 Å². The second-order valence-corrected chi connectivity index (χ2v) is 5.67. The number of fused-ring (bicyclic) bond motifs is 3. The molecule has 0 radical (unpaired) electrons. The van der Waals surface area contributed by atoms with E-state index in [0.29, 0.717) is 0 Å². The smallest absolute Gasteiger partial charge is 0.0541 e. The molecular weight excluding hydrogens is 266 g/mol. The number of para-hydroxylation sites is 1. The van der Waals surface area contributed by atoms with Gasteiger partial charge in [-0.1, -0.05) is 54.6 Å². The van der Waals surface area contributed by atoms with Crippen molar-refractivity contribution in [2.75, 3.05) is 0 Å². The summed E-state index contributed by atoms with van der Waals surface area (Å²) in [7, 11) is 0. The Bertz CT molecular complexity index is 988. The first-order valence-corrected chi connectivity index (χ1v) is 7.50. The van der Waals surface area contributed by atoms with E-state index in [1.54, 1.807) is 0 Å². The third-order valence-corrected chi connectivity index (χ3v) is 4.22. The summed E-state index contributed by atoms with van der Waals surface area (Å²) in [6.07, 6.45) is 1.90. The molecule has 0 aliphatic carbocycles. The number of rotatable bonds is 2. The van der Waals surface area contributed by atoms with Crippen molar-refractivity contribution in [2.24, 2.45) is 0 Å². The minimum atomic E-state index is 1.15. The van der Waals surface area contributed by atoms with E-state index in [1.807, 2.05) is 6.08 Å². The number of benzene rings is 3. The van der Waals surface area contributed by atoms with Gasteiger partial charge in [0.15, 0.2) is 0 Å². The van der Waals surface area contributed by atoms with Crippen molar-refractivity contribution in [3.63, 3.8) is 0 Å². The maximum Gasteiger partial charge on any atom is 0.0541 e. The fraction of sp³-hybridized carbons (Fsp3) is 0.0476. The Labute approximate surface area is 130 Å². The maximum absolute atomic E-state index is 3.89. The summed E-state index contributed by atoms with van der Waals surface area (Å²) in [5.74, 6) is 0. The Kier molecular flexibility index (Phi) is 2.87.